The highest BCUT2D eigenvalue weighted by molar-refractivity contribution is 6.09. The summed E-state index contributed by atoms with van der Waals surface area (Å²) in [6.07, 6.45) is 0. The molecule has 0 spiro atoms. The second-order valence-corrected chi connectivity index (χ2v) is 6.17. The van der Waals surface area contributed by atoms with Gasteiger partial charge in [-0.2, -0.15) is 0 Å². The van der Waals surface area contributed by atoms with E-state index in [1.165, 1.54) is 38.7 Å². The molecule has 4 aromatic rings. The van der Waals surface area contributed by atoms with Gasteiger partial charge in [-0.3, -0.25) is 0 Å². The maximum atomic E-state index is 2.29. The first kappa shape index (κ1) is 13.9. The molecule has 0 atom stereocenters. The highest BCUT2D eigenvalue weighted by Gasteiger charge is 2.10. The lowest BCUT2D eigenvalue weighted by Gasteiger charge is -2.20. The zero-order valence-electron chi connectivity index (χ0n) is 13.7. The fourth-order valence-corrected chi connectivity index (χ4v) is 3.28. The van der Waals surface area contributed by atoms with Gasteiger partial charge in [0, 0.05) is 47.3 Å². The average Bonchev–Trinajstić information content (AvgIpc) is 2.88. The SMILES string of the molecule is Cc1ccc(N(C)c2ccc3c(c2)c2ccccc2n3C)cc1. The Labute approximate surface area is 136 Å². The van der Waals surface area contributed by atoms with Gasteiger partial charge in [0.05, 0.1) is 0 Å². The van der Waals surface area contributed by atoms with Crippen LogP contribution in [-0.2, 0) is 7.05 Å². The summed E-state index contributed by atoms with van der Waals surface area (Å²) in [7, 11) is 4.25. The first-order chi connectivity index (χ1) is 11.1. The number of anilines is 2. The Hall–Kier alpha value is -2.74. The molecule has 1 aromatic heterocycles. The topological polar surface area (TPSA) is 8.17 Å². The van der Waals surface area contributed by atoms with Gasteiger partial charge in [0.2, 0.25) is 0 Å². The molecule has 0 saturated heterocycles. The van der Waals surface area contributed by atoms with E-state index in [0.717, 1.165) is 0 Å². The molecule has 0 aliphatic rings. The number of para-hydroxylation sites is 1. The number of nitrogens with zero attached hydrogens (tertiary/aromatic N) is 2. The van der Waals surface area contributed by atoms with E-state index in [9.17, 15) is 0 Å². The number of hydrogen-bond acceptors (Lipinski definition) is 1. The lowest BCUT2D eigenvalue weighted by Crippen LogP contribution is -2.09. The van der Waals surface area contributed by atoms with Crippen LogP contribution in [0.25, 0.3) is 21.8 Å². The molecule has 23 heavy (non-hydrogen) atoms. The van der Waals surface area contributed by atoms with E-state index in [0.29, 0.717) is 0 Å². The number of aromatic nitrogens is 1. The van der Waals surface area contributed by atoms with Crippen LogP contribution >= 0.6 is 0 Å². The Bertz CT molecular complexity index is 994. The molecule has 0 amide bonds. The van der Waals surface area contributed by atoms with E-state index < -0.39 is 0 Å². The molecule has 4 rings (SSSR count). The van der Waals surface area contributed by atoms with E-state index in [2.05, 4.69) is 97.2 Å². The van der Waals surface area contributed by atoms with Crippen LogP contribution in [0.3, 0.4) is 0 Å². The van der Waals surface area contributed by atoms with Gasteiger partial charge in [-0.15, -0.1) is 0 Å². The van der Waals surface area contributed by atoms with E-state index in [4.69, 9.17) is 0 Å². The lowest BCUT2D eigenvalue weighted by atomic mass is 10.1. The zero-order valence-corrected chi connectivity index (χ0v) is 13.7. The van der Waals surface area contributed by atoms with Crippen LogP contribution in [0.15, 0.2) is 66.7 Å². The van der Waals surface area contributed by atoms with Crippen LogP contribution in [0.4, 0.5) is 11.4 Å². The third-order valence-corrected chi connectivity index (χ3v) is 4.71. The standard InChI is InChI=1S/C21H20N2/c1-15-8-10-16(11-9-15)22(2)17-12-13-21-19(14-17)18-6-4-5-7-20(18)23(21)3/h4-14H,1-3H3. The third kappa shape index (κ3) is 2.18. The molecule has 0 aliphatic carbocycles. The number of fused-ring (bicyclic) bond motifs is 3. The van der Waals surface area contributed by atoms with Gasteiger partial charge < -0.3 is 9.47 Å². The Morgan fingerprint density at radius 2 is 1.39 bits per heavy atom. The van der Waals surface area contributed by atoms with E-state index in [1.54, 1.807) is 0 Å². The Kier molecular flexibility index (Phi) is 3.12. The number of aryl methyl sites for hydroxylation is 2. The fraction of sp³-hybridized carbons (Fsp3) is 0.143. The maximum Gasteiger partial charge on any atom is 0.0490 e. The van der Waals surface area contributed by atoms with Crippen LogP contribution < -0.4 is 4.90 Å². The first-order valence-corrected chi connectivity index (χ1v) is 7.93. The number of hydrogen-bond donors (Lipinski definition) is 0. The average molecular weight is 300 g/mol. The molecule has 114 valence electrons. The number of benzene rings is 3. The van der Waals surface area contributed by atoms with Crippen LogP contribution in [0, 0.1) is 6.92 Å². The highest BCUT2D eigenvalue weighted by Crippen LogP contribution is 2.33. The van der Waals surface area contributed by atoms with Gasteiger partial charge in [-0.05, 0) is 43.3 Å². The minimum atomic E-state index is 1.20. The molecule has 3 aromatic carbocycles. The van der Waals surface area contributed by atoms with Crippen LogP contribution in [0.5, 0.6) is 0 Å². The monoisotopic (exact) mass is 300 g/mol. The Balaban J connectivity index is 1.88. The summed E-state index contributed by atoms with van der Waals surface area (Å²) in [5, 5.41) is 2.61. The molecule has 0 saturated carbocycles. The van der Waals surface area contributed by atoms with E-state index in [-0.39, 0.29) is 0 Å². The van der Waals surface area contributed by atoms with Gasteiger partial charge >= 0.3 is 0 Å². The van der Waals surface area contributed by atoms with Crippen LogP contribution in [-0.4, -0.2) is 11.6 Å². The predicted octanol–water partition coefficient (Wildman–Crippen LogP) is 5.41. The second-order valence-electron chi connectivity index (χ2n) is 6.17. The van der Waals surface area contributed by atoms with Crippen molar-refractivity contribution in [1.82, 2.24) is 4.57 Å². The molecule has 2 heteroatoms. The van der Waals surface area contributed by atoms with Crippen molar-refractivity contribution in [3.8, 4) is 0 Å². The molecule has 0 N–H and O–H groups in total. The molecule has 0 bridgehead atoms. The highest BCUT2D eigenvalue weighted by atomic mass is 15.1. The molecular weight excluding hydrogens is 280 g/mol. The molecule has 1 heterocycles. The van der Waals surface area contributed by atoms with Crippen molar-refractivity contribution in [2.75, 3.05) is 11.9 Å². The first-order valence-electron chi connectivity index (χ1n) is 7.93. The minimum Gasteiger partial charge on any atom is -0.345 e. The van der Waals surface area contributed by atoms with Crippen molar-refractivity contribution >= 4 is 33.2 Å². The van der Waals surface area contributed by atoms with Crippen LogP contribution in [0.2, 0.25) is 0 Å². The van der Waals surface area contributed by atoms with E-state index in [1.807, 2.05) is 0 Å². The summed E-state index contributed by atoms with van der Waals surface area (Å²) in [5.74, 6) is 0. The molecule has 2 nitrogen and oxygen atoms in total. The van der Waals surface area contributed by atoms with Crippen molar-refractivity contribution in [2.24, 2.45) is 7.05 Å². The molecular formula is C21H20N2. The largest absolute Gasteiger partial charge is 0.345 e. The van der Waals surface area contributed by atoms with Gasteiger partial charge in [-0.1, -0.05) is 35.9 Å². The predicted molar refractivity (Wildman–Crippen MR) is 99.7 cm³/mol. The summed E-state index contributed by atoms with van der Waals surface area (Å²) < 4.78 is 2.26. The van der Waals surface area contributed by atoms with Crippen molar-refractivity contribution in [3.05, 3.63) is 72.3 Å². The maximum absolute atomic E-state index is 2.29. The van der Waals surface area contributed by atoms with Gasteiger partial charge in [0.1, 0.15) is 0 Å². The number of rotatable bonds is 2. The van der Waals surface area contributed by atoms with Crippen molar-refractivity contribution in [2.45, 2.75) is 6.92 Å². The Morgan fingerprint density at radius 1 is 0.739 bits per heavy atom. The smallest absolute Gasteiger partial charge is 0.0490 e. The third-order valence-electron chi connectivity index (χ3n) is 4.71. The molecule has 0 unspecified atom stereocenters. The summed E-state index contributed by atoms with van der Waals surface area (Å²) in [5.41, 5.74) is 6.24. The zero-order chi connectivity index (χ0) is 16.0. The fourth-order valence-electron chi connectivity index (χ4n) is 3.28. The summed E-state index contributed by atoms with van der Waals surface area (Å²) in [6, 6.07) is 23.9. The summed E-state index contributed by atoms with van der Waals surface area (Å²) >= 11 is 0. The summed E-state index contributed by atoms with van der Waals surface area (Å²) in [4.78, 5) is 2.24. The van der Waals surface area contributed by atoms with E-state index >= 15 is 0 Å². The quantitative estimate of drug-likeness (QED) is 0.480. The summed E-state index contributed by atoms with van der Waals surface area (Å²) in [6.45, 7) is 2.12. The molecule has 0 radical (unpaired) electrons. The Morgan fingerprint density at radius 3 is 2.17 bits per heavy atom. The molecule has 0 aliphatic heterocycles. The van der Waals surface area contributed by atoms with Crippen molar-refractivity contribution < 1.29 is 0 Å². The normalized spacial score (nSPS) is 11.3. The van der Waals surface area contributed by atoms with Gasteiger partial charge in [0.15, 0.2) is 0 Å². The molecule has 0 fully saturated rings. The van der Waals surface area contributed by atoms with Crippen molar-refractivity contribution in [3.63, 3.8) is 0 Å². The van der Waals surface area contributed by atoms with Gasteiger partial charge in [-0.25, -0.2) is 0 Å². The van der Waals surface area contributed by atoms with Crippen LogP contribution in [0.1, 0.15) is 5.56 Å². The lowest BCUT2D eigenvalue weighted by molar-refractivity contribution is 1.01. The van der Waals surface area contributed by atoms with Gasteiger partial charge in [0.25, 0.3) is 0 Å². The minimum absolute atomic E-state index is 1.20. The second kappa shape index (κ2) is 5.17. The van der Waals surface area contributed by atoms with Crippen molar-refractivity contribution in [1.29, 1.82) is 0 Å².